The Kier molecular flexibility index (Phi) is 3.54. The molecule has 1 saturated heterocycles. The van der Waals surface area contributed by atoms with Gasteiger partial charge in [0.1, 0.15) is 17.4 Å². The largest absolute Gasteiger partial charge is 0.468 e. The summed E-state index contributed by atoms with van der Waals surface area (Å²) < 4.78 is 32.5. The predicted octanol–water partition coefficient (Wildman–Crippen LogP) is 2.87. The molecule has 2 heterocycles. The van der Waals surface area contributed by atoms with Crippen LogP contribution >= 0.6 is 0 Å². The first-order valence-electron chi connectivity index (χ1n) is 6.53. The van der Waals surface area contributed by atoms with Crippen LogP contribution in [0.5, 0.6) is 0 Å². The smallest absolute Gasteiger partial charge is 0.128 e. The Morgan fingerprint density at radius 3 is 2.90 bits per heavy atom. The molecule has 1 aliphatic heterocycles. The summed E-state index contributed by atoms with van der Waals surface area (Å²) in [7, 11) is 0. The van der Waals surface area contributed by atoms with Crippen LogP contribution in [0.15, 0.2) is 41.0 Å². The third-order valence-corrected chi connectivity index (χ3v) is 3.64. The highest BCUT2D eigenvalue weighted by molar-refractivity contribution is 5.24. The first-order valence-corrected chi connectivity index (χ1v) is 6.53. The van der Waals surface area contributed by atoms with Gasteiger partial charge in [0.05, 0.1) is 18.9 Å². The first-order chi connectivity index (χ1) is 9.63. The highest BCUT2D eigenvalue weighted by atomic mass is 19.1. The summed E-state index contributed by atoms with van der Waals surface area (Å²) >= 11 is 0. The minimum absolute atomic E-state index is 0.285. The zero-order chi connectivity index (χ0) is 14.1. The van der Waals surface area contributed by atoms with Gasteiger partial charge in [-0.05, 0) is 36.8 Å². The lowest BCUT2D eigenvalue weighted by Gasteiger charge is -2.23. The first kappa shape index (κ1) is 13.3. The van der Waals surface area contributed by atoms with Gasteiger partial charge in [0.2, 0.25) is 0 Å². The maximum atomic E-state index is 13.9. The van der Waals surface area contributed by atoms with Crippen LogP contribution in [0.1, 0.15) is 23.8 Å². The Labute approximate surface area is 115 Å². The van der Waals surface area contributed by atoms with Crippen molar-refractivity contribution in [3.8, 4) is 0 Å². The molecule has 0 saturated carbocycles. The van der Waals surface area contributed by atoms with Crippen LogP contribution in [-0.4, -0.2) is 22.7 Å². The zero-order valence-corrected chi connectivity index (χ0v) is 10.8. The van der Waals surface area contributed by atoms with Gasteiger partial charge in [-0.25, -0.2) is 8.78 Å². The molecule has 1 N–H and O–H groups in total. The molecule has 3 rings (SSSR count). The van der Waals surface area contributed by atoms with Gasteiger partial charge >= 0.3 is 0 Å². The van der Waals surface area contributed by atoms with Gasteiger partial charge in [0, 0.05) is 18.2 Å². The molecule has 1 aliphatic rings. The summed E-state index contributed by atoms with van der Waals surface area (Å²) in [4.78, 5) is 1.90. The number of aliphatic hydroxyl groups excluding tert-OH is 1. The van der Waals surface area contributed by atoms with Crippen LogP contribution in [-0.2, 0) is 6.54 Å². The van der Waals surface area contributed by atoms with E-state index >= 15 is 0 Å². The molecule has 5 heteroatoms. The molecule has 0 bridgehead atoms. The van der Waals surface area contributed by atoms with Gasteiger partial charge in [-0.1, -0.05) is 0 Å². The molecule has 1 aromatic carbocycles. The number of aliphatic hydroxyl groups is 1. The van der Waals surface area contributed by atoms with Crippen molar-refractivity contribution in [3.63, 3.8) is 0 Å². The molecule has 2 unspecified atom stereocenters. The third-order valence-electron chi connectivity index (χ3n) is 3.64. The van der Waals surface area contributed by atoms with E-state index in [1.54, 1.807) is 12.3 Å². The second-order valence-corrected chi connectivity index (χ2v) is 5.08. The van der Waals surface area contributed by atoms with Crippen molar-refractivity contribution in [1.82, 2.24) is 4.90 Å². The summed E-state index contributed by atoms with van der Waals surface area (Å²) in [6, 6.07) is 6.68. The SMILES string of the molecule is OC1CC(c2cc(F)ccc2F)N(Cc2ccco2)C1. The van der Waals surface area contributed by atoms with Crippen LogP contribution in [0.25, 0.3) is 0 Å². The zero-order valence-electron chi connectivity index (χ0n) is 10.8. The molecule has 3 nitrogen and oxygen atoms in total. The molecule has 1 aromatic heterocycles. The van der Waals surface area contributed by atoms with Gasteiger partial charge < -0.3 is 9.52 Å². The summed E-state index contributed by atoms with van der Waals surface area (Å²) in [6.07, 6.45) is 1.42. The van der Waals surface area contributed by atoms with E-state index in [4.69, 9.17) is 4.42 Å². The van der Waals surface area contributed by atoms with Gasteiger partial charge in [0.25, 0.3) is 0 Å². The molecular weight excluding hydrogens is 264 g/mol. The number of hydrogen-bond acceptors (Lipinski definition) is 3. The van der Waals surface area contributed by atoms with Crippen LogP contribution < -0.4 is 0 Å². The Morgan fingerprint density at radius 1 is 1.30 bits per heavy atom. The molecular formula is C15H15F2NO2. The number of nitrogens with zero attached hydrogens (tertiary/aromatic N) is 1. The van der Waals surface area contributed by atoms with Crippen molar-refractivity contribution in [2.24, 2.45) is 0 Å². The number of hydrogen-bond donors (Lipinski definition) is 1. The topological polar surface area (TPSA) is 36.6 Å². The third kappa shape index (κ3) is 2.59. The second kappa shape index (κ2) is 5.34. The van der Waals surface area contributed by atoms with E-state index < -0.39 is 17.7 Å². The Morgan fingerprint density at radius 2 is 2.15 bits per heavy atom. The maximum absolute atomic E-state index is 13.9. The van der Waals surface area contributed by atoms with Gasteiger partial charge in [-0.15, -0.1) is 0 Å². The van der Waals surface area contributed by atoms with Crippen molar-refractivity contribution in [2.75, 3.05) is 6.54 Å². The summed E-state index contributed by atoms with van der Waals surface area (Å²) in [6.45, 7) is 0.881. The maximum Gasteiger partial charge on any atom is 0.128 e. The van der Waals surface area contributed by atoms with Crippen molar-refractivity contribution >= 4 is 0 Å². The fourth-order valence-corrected chi connectivity index (χ4v) is 2.75. The van der Waals surface area contributed by atoms with Crippen LogP contribution in [0.3, 0.4) is 0 Å². The number of furan rings is 1. The standard InChI is InChI=1S/C15H15F2NO2/c16-10-3-4-14(17)13(6-10)15-7-11(19)8-18(15)9-12-2-1-5-20-12/h1-6,11,15,19H,7-9H2. The highest BCUT2D eigenvalue weighted by Gasteiger charge is 2.34. The number of benzene rings is 1. The molecule has 2 atom stereocenters. The summed E-state index contributed by atoms with van der Waals surface area (Å²) in [5, 5.41) is 9.83. The van der Waals surface area contributed by atoms with Gasteiger partial charge in [-0.3, -0.25) is 4.90 Å². The van der Waals surface area contributed by atoms with E-state index in [1.807, 2.05) is 11.0 Å². The fraction of sp³-hybridized carbons (Fsp3) is 0.333. The van der Waals surface area contributed by atoms with Crippen molar-refractivity contribution < 1.29 is 18.3 Å². The Hall–Kier alpha value is -1.72. The van der Waals surface area contributed by atoms with Crippen molar-refractivity contribution in [1.29, 1.82) is 0 Å². The monoisotopic (exact) mass is 279 g/mol. The Bertz CT molecular complexity index is 586. The molecule has 0 aliphatic carbocycles. The average molecular weight is 279 g/mol. The average Bonchev–Trinajstić information content (AvgIpc) is 3.03. The van der Waals surface area contributed by atoms with Crippen LogP contribution in [0.2, 0.25) is 0 Å². The van der Waals surface area contributed by atoms with E-state index in [2.05, 4.69) is 0 Å². The molecule has 2 aromatic rings. The molecule has 1 fully saturated rings. The quantitative estimate of drug-likeness (QED) is 0.938. The van der Waals surface area contributed by atoms with Gasteiger partial charge in [0.15, 0.2) is 0 Å². The van der Waals surface area contributed by atoms with Crippen LogP contribution in [0.4, 0.5) is 8.78 Å². The number of rotatable bonds is 3. The molecule has 20 heavy (non-hydrogen) atoms. The van der Waals surface area contributed by atoms with Gasteiger partial charge in [-0.2, -0.15) is 0 Å². The van der Waals surface area contributed by atoms with E-state index in [1.165, 1.54) is 6.07 Å². The Balaban J connectivity index is 1.87. The summed E-state index contributed by atoms with van der Waals surface area (Å²) in [5.74, 6) is -0.184. The van der Waals surface area contributed by atoms with E-state index in [0.717, 1.165) is 17.9 Å². The lowest BCUT2D eigenvalue weighted by molar-refractivity contribution is 0.168. The van der Waals surface area contributed by atoms with E-state index in [-0.39, 0.29) is 11.6 Å². The van der Waals surface area contributed by atoms with E-state index in [0.29, 0.717) is 19.5 Å². The number of halogens is 2. The van der Waals surface area contributed by atoms with E-state index in [9.17, 15) is 13.9 Å². The molecule has 0 spiro atoms. The second-order valence-electron chi connectivity index (χ2n) is 5.08. The predicted molar refractivity (Wildman–Crippen MR) is 68.8 cm³/mol. The molecule has 106 valence electrons. The number of likely N-dealkylation sites (tertiary alicyclic amines) is 1. The molecule has 0 radical (unpaired) electrons. The lowest BCUT2D eigenvalue weighted by Crippen LogP contribution is -2.24. The molecule has 0 amide bonds. The summed E-state index contributed by atoms with van der Waals surface area (Å²) in [5.41, 5.74) is 0.285. The van der Waals surface area contributed by atoms with Crippen molar-refractivity contribution in [2.45, 2.75) is 25.1 Å². The minimum atomic E-state index is -0.544. The normalized spacial score (nSPS) is 23.4. The minimum Gasteiger partial charge on any atom is -0.468 e. The lowest BCUT2D eigenvalue weighted by atomic mass is 10.0. The highest BCUT2D eigenvalue weighted by Crippen LogP contribution is 2.35. The van der Waals surface area contributed by atoms with Crippen LogP contribution in [0, 0.1) is 11.6 Å². The van der Waals surface area contributed by atoms with Crippen molar-refractivity contribution in [3.05, 3.63) is 59.6 Å². The number of β-amino-alcohol motifs (C(OH)–C–C–N with tert-alkyl or cyclic N) is 1. The fourth-order valence-electron chi connectivity index (χ4n) is 2.75.